The lowest BCUT2D eigenvalue weighted by molar-refractivity contribution is 0.989. The van der Waals surface area contributed by atoms with Crippen LogP contribution in [0.15, 0.2) is 30.3 Å². The molecule has 0 atom stereocenters. The fourth-order valence-electron chi connectivity index (χ4n) is 2.04. The molecule has 0 amide bonds. The number of nitrogen functional groups attached to an aromatic ring is 1. The zero-order chi connectivity index (χ0) is 14.4. The predicted molar refractivity (Wildman–Crippen MR) is 84.0 cm³/mol. The van der Waals surface area contributed by atoms with E-state index in [1.807, 2.05) is 13.0 Å². The van der Waals surface area contributed by atoms with E-state index in [1.54, 1.807) is 0 Å². The van der Waals surface area contributed by atoms with Crippen molar-refractivity contribution < 1.29 is 0 Å². The van der Waals surface area contributed by atoms with Crippen molar-refractivity contribution in [2.75, 3.05) is 29.5 Å². The highest BCUT2D eigenvalue weighted by Crippen LogP contribution is 2.13. The zero-order valence-electron chi connectivity index (χ0n) is 12.0. The Bertz CT molecular complexity index is 568. The number of anilines is 3. The molecular weight excluding hydrogens is 250 g/mol. The van der Waals surface area contributed by atoms with E-state index in [9.17, 15) is 0 Å². The van der Waals surface area contributed by atoms with Crippen molar-refractivity contribution in [3.8, 4) is 0 Å². The SMILES string of the molecule is CCNc1cc(NCCc2ccccc2C)nc(N)n1. The number of nitrogens with zero attached hydrogens (tertiary/aromatic N) is 2. The van der Waals surface area contributed by atoms with Gasteiger partial charge in [-0.3, -0.25) is 0 Å². The van der Waals surface area contributed by atoms with Gasteiger partial charge in [0.25, 0.3) is 0 Å². The van der Waals surface area contributed by atoms with Gasteiger partial charge in [-0.2, -0.15) is 9.97 Å². The quantitative estimate of drug-likeness (QED) is 0.752. The standard InChI is InChI=1S/C15H21N5/c1-3-17-13-10-14(20-15(16)19-13)18-9-8-12-7-5-4-6-11(12)2/h4-7,10H,3,8-9H2,1-2H3,(H4,16,17,18,19,20). The minimum Gasteiger partial charge on any atom is -0.370 e. The Kier molecular flexibility index (Phi) is 4.76. The Morgan fingerprint density at radius 1 is 1.10 bits per heavy atom. The summed E-state index contributed by atoms with van der Waals surface area (Å²) in [5.41, 5.74) is 8.35. The number of hydrogen-bond donors (Lipinski definition) is 3. The molecule has 5 heteroatoms. The van der Waals surface area contributed by atoms with Crippen molar-refractivity contribution in [3.63, 3.8) is 0 Å². The van der Waals surface area contributed by atoms with Gasteiger partial charge in [-0.15, -0.1) is 0 Å². The van der Waals surface area contributed by atoms with Crippen LogP contribution in [-0.2, 0) is 6.42 Å². The third-order valence-electron chi connectivity index (χ3n) is 3.06. The summed E-state index contributed by atoms with van der Waals surface area (Å²) in [6.07, 6.45) is 0.952. The summed E-state index contributed by atoms with van der Waals surface area (Å²) in [5.74, 6) is 1.78. The van der Waals surface area contributed by atoms with Crippen LogP contribution in [0.3, 0.4) is 0 Å². The van der Waals surface area contributed by atoms with Crippen LogP contribution in [0.2, 0.25) is 0 Å². The molecule has 0 aliphatic carbocycles. The summed E-state index contributed by atoms with van der Waals surface area (Å²) < 4.78 is 0. The molecule has 2 aromatic rings. The maximum Gasteiger partial charge on any atom is 0.223 e. The molecule has 0 saturated carbocycles. The highest BCUT2D eigenvalue weighted by Gasteiger charge is 2.02. The lowest BCUT2D eigenvalue weighted by Crippen LogP contribution is -2.10. The molecule has 106 valence electrons. The highest BCUT2D eigenvalue weighted by molar-refractivity contribution is 5.51. The molecule has 0 bridgehead atoms. The lowest BCUT2D eigenvalue weighted by atomic mass is 10.1. The van der Waals surface area contributed by atoms with Crippen LogP contribution in [0.25, 0.3) is 0 Å². The summed E-state index contributed by atoms with van der Waals surface area (Å²) in [7, 11) is 0. The van der Waals surface area contributed by atoms with Gasteiger partial charge < -0.3 is 16.4 Å². The fraction of sp³-hybridized carbons (Fsp3) is 0.333. The smallest absolute Gasteiger partial charge is 0.223 e. The van der Waals surface area contributed by atoms with E-state index in [-0.39, 0.29) is 5.95 Å². The van der Waals surface area contributed by atoms with Crippen molar-refractivity contribution in [1.29, 1.82) is 0 Å². The van der Waals surface area contributed by atoms with E-state index in [0.717, 1.165) is 31.1 Å². The molecule has 0 aliphatic rings. The van der Waals surface area contributed by atoms with Crippen LogP contribution < -0.4 is 16.4 Å². The monoisotopic (exact) mass is 271 g/mol. The van der Waals surface area contributed by atoms with Crippen molar-refractivity contribution >= 4 is 17.6 Å². The molecule has 0 unspecified atom stereocenters. The van der Waals surface area contributed by atoms with Crippen molar-refractivity contribution in [3.05, 3.63) is 41.5 Å². The zero-order valence-corrected chi connectivity index (χ0v) is 12.0. The van der Waals surface area contributed by atoms with E-state index in [1.165, 1.54) is 11.1 Å². The second-order valence-electron chi connectivity index (χ2n) is 4.63. The molecule has 1 aromatic heterocycles. The number of rotatable bonds is 6. The minimum absolute atomic E-state index is 0.279. The Hall–Kier alpha value is -2.30. The number of benzene rings is 1. The average molecular weight is 271 g/mol. The molecule has 0 radical (unpaired) electrons. The number of aromatic nitrogens is 2. The Morgan fingerprint density at radius 3 is 2.50 bits per heavy atom. The topological polar surface area (TPSA) is 75.9 Å². The van der Waals surface area contributed by atoms with E-state index >= 15 is 0 Å². The Morgan fingerprint density at radius 2 is 1.80 bits per heavy atom. The van der Waals surface area contributed by atoms with Crippen LogP contribution in [0.5, 0.6) is 0 Å². The molecule has 5 nitrogen and oxygen atoms in total. The number of nitrogens with two attached hydrogens (primary N) is 1. The van der Waals surface area contributed by atoms with E-state index in [0.29, 0.717) is 0 Å². The summed E-state index contributed by atoms with van der Waals surface area (Å²) in [4.78, 5) is 8.30. The van der Waals surface area contributed by atoms with Crippen LogP contribution in [0.4, 0.5) is 17.6 Å². The lowest BCUT2D eigenvalue weighted by Gasteiger charge is -2.10. The first-order valence-corrected chi connectivity index (χ1v) is 6.86. The van der Waals surface area contributed by atoms with Gasteiger partial charge in [0.2, 0.25) is 5.95 Å². The van der Waals surface area contributed by atoms with Crippen molar-refractivity contribution in [1.82, 2.24) is 9.97 Å². The minimum atomic E-state index is 0.279. The van der Waals surface area contributed by atoms with Gasteiger partial charge in [0, 0.05) is 19.2 Å². The first-order valence-electron chi connectivity index (χ1n) is 6.86. The number of hydrogen-bond acceptors (Lipinski definition) is 5. The Balaban J connectivity index is 1.95. The maximum atomic E-state index is 5.69. The molecule has 0 aliphatic heterocycles. The van der Waals surface area contributed by atoms with Crippen LogP contribution >= 0.6 is 0 Å². The Labute approximate surface area is 119 Å². The largest absolute Gasteiger partial charge is 0.370 e. The molecule has 2 rings (SSSR count). The normalized spacial score (nSPS) is 10.3. The maximum absolute atomic E-state index is 5.69. The van der Waals surface area contributed by atoms with Gasteiger partial charge in [0.05, 0.1) is 0 Å². The third-order valence-corrected chi connectivity index (χ3v) is 3.06. The second kappa shape index (κ2) is 6.75. The molecule has 0 fully saturated rings. The van der Waals surface area contributed by atoms with Gasteiger partial charge in [0.1, 0.15) is 11.6 Å². The summed E-state index contributed by atoms with van der Waals surface area (Å²) in [5, 5.41) is 6.42. The number of aryl methyl sites for hydroxylation is 1. The van der Waals surface area contributed by atoms with E-state index < -0.39 is 0 Å². The molecular formula is C15H21N5. The summed E-state index contributed by atoms with van der Waals surface area (Å²) in [6, 6.07) is 10.3. The highest BCUT2D eigenvalue weighted by atomic mass is 15.1. The van der Waals surface area contributed by atoms with Crippen LogP contribution in [0.1, 0.15) is 18.1 Å². The first-order chi connectivity index (χ1) is 9.69. The molecule has 20 heavy (non-hydrogen) atoms. The molecule has 4 N–H and O–H groups in total. The van der Waals surface area contributed by atoms with Crippen LogP contribution in [-0.4, -0.2) is 23.1 Å². The van der Waals surface area contributed by atoms with Crippen molar-refractivity contribution in [2.45, 2.75) is 20.3 Å². The summed E-state index contributed by atoms with van der Waals surface area (Å²) in [6.45, 7) is 5.76. The fourth-order valence-corrected chi connectivity index (χ4v) is 2.04. The molecule has 0 spiro atoms. The first kappa shape index (κ1) is 14.1. The third kappa shape index (κ3) is 3.85. The predicted octanol–water partition coefficient (Wildman–Crippen LogP) is 2.45. The molecule has 1 aromatic carbocycles. The average Bonchev–Trinajstić information content (AvgIpc) is 2.41. The molecule has 1 heterocycles. The van der Waals surface area contributed by atoms with Gasteiger partial charge in [-0.1, -0.05) is 24.3 Å². The van der Waals surface area contributed by atoms with E-state index in [2.05, 4.69) is 51.8 Å². The van der Waals surface area contributed by atoms with Gasteiger partial charge >= 0.3 is 0 Å². The van der Waals surface area contributed by atoms with Crippen molar-refractivity contribution in [2.24, 2.45) is 0 Å². The summed E-state index contributed by atoms with van der Waals surface area (Å²) >= 11 is 0. The number of nitrogens with one attached hydrogen (secondary N) is 2. The van der Waals surface area contributed by atoms with Gasteiger partial charge in [-0.05, 0) is 31.4 Å². The molecule has 0 saturated heterocycles. The van der Waals surface area contributed by atoms with E-state index in [4.69, 9.17) is 5.73 Å². The van der Waals surface area contributed by atoms with Crippen LogP contribution in [0, 0.1) is 6.92 Å². The van der Waals surface area contributed by atoms with Gasteiger partial charge in [-0.25, -0.2) is 0 Å². The second-order valence-corrected chi connectivity index (χ2v) is 4.63. The van der Waals surface area contributed by atoms with Gasteiger partial charge in [0.15, 0.2) is 0 Å².